The first kappa shape index (κ1) is 21.9. The molecular formula is C22H25NO6. The number of carbonyl (C=O) groups is 3. The predicted molar refractivity (Wildman–Crippen MR) is 107 cm³/mol. The number of hydrogen-bond acceptors (Lipinski definition) is 6. The molecule has 0 saturated carbocycles. The van der Waals surface area contributed by atoms with Gasteiger partial charge in [-0.15, -0.1) is 0 Å². The zero-order valence-corrected chi connectivity index (χ0v) is 16.6. The molecule has 7 nitrogen and oxygen atoms in total. The summed E-state index contributed by atoms with van der Waals surface area (Å²) >= 11 is 0. The molecule has 154 valence electrons. The van der Waals surface area contributed by atoms with Crippen LogP contribution in [0, 0.1) is 0 Å². The van der Waals surface area contributed by atoms with Crippen molar-refractivity contribution in [3.63, 3.8) is 0 Å². The maximum atomic E-state index is 12.3. The van der Waals surface area contributed by atoms with Crippen molar-refractivity contribution in [3.8, 4) is 11.5 Å². The SMILES string of the molecule is CCCOc1ccc(C(=O)OCC(=O)NC(=O)c2ccccc2)cc1OCCC. The van der Waals surface area contributed by atoms with E-state index in [4.69, 9.17) is 14.2 Å². The lowest BCUT2D eigenvalue weighted by Crippen LogP contribution is -2.34. The highest BCUT2D eigenvalue weighted by atomic mass is 16.5. The quantitative estimate of drug-likeness (QED) is 0.616. The molecule has 0 bridgehead atoms. The Hall–Kier alpha value is -3.35. The van der Waals surface area contributed by atoms with E-state index in [0.717, 1.165) is 12.8 Å². The van der Waals surface area contributed by atoms with Crippen molar-refractivity contribution in [3.05, 3.63) is 59.7 Å². The fourth-order valence-corrected chi connectivity index (χ4v) is 2.33. The molecule has 0 aliphatic heterocycles. The largest absolute Gasteiger partial charge is 0.490 e. The van der Waals surface area contributed by atoms with Crippen LogP contribution in [0.4, 0.5) is 0 Å². The molecule has 2 aromatic rings. The second kappa shape index (κ2) is 11.5. The molecule has 0 saturated heterocycles. The second-order valence-corrected chi connectivity index (χ2v) is 6.18. The third-order valence-corrected chi connectivity index (χ3v) is 3.73. The van der Waals surface area contributed by atoms with Gasteiger partial charge in [0.05, 0.1) is 18.8 Å². The summed E-state index contributed by atoms with van der Waals surface area (Å²) in [5.41, 5.74) is 0.565. The van der Waals surface area contributed by atoms with Crippen molar-refractivity contribution < 1.29 is 28.6 Å². The minimum absolute atomic E-state index is 0.224. The average molecular weight is 399 g/mol. The number of rotatable bonds is 10. The first-order valence-corrected chi connectivity index (χ1v) is 9.51. The van der Waals surface area contributed by atoms with Gasteiger partial charge in [0.2, 0.25) is 0 Å². The van der Waals surface area contributed by atoms with E-state index < -0.39 is 24.4 Å². The van der Waals surface area contributed by atoms with Crippen LogP contribution in [-0.2, 0) is 9.53 Å². The number of nitrogens with one attached hydrogen (secondary N) is 1. The summed E-state index contributed by atoms with van der Waals surface area (Å²) in [5.74, 6) is -0.978. The van der Waals surface area contributed by atoms with E-state index in [9.17, 15) is 14.4 Å². The topological polar surface area (TPSA) is 90.9 Å². The van der Waals surface area contributed by atoms with Crippen LogP contribution in [0.5, 0.6) is 11.5 Å². The number of carbonyl (C=O) groups excluding carboxylic acids is 3. The van der Waals surface area contributed by atoms with Gasteiger partial charge in [-0.25, -0.2) is 4.79 Å². The van der Waals surface area contributed by atoms with Crippen LogP contribution in [0.1, 0.15) is 47.4 Å². The molecule has 0 aliphatic rings. The molecule has 7 heteroatoms. The highest BCUT2D eigenvalue weighted by molar-refractivity contribution is 6.05. The van der Waals surface area contributed by atoms with E-state index in [1.54, 1.807) is 42.5 Å². The van der Waals surface area contributed by atoms with Crippen molar-refractivity contribution in [2.45, 2.75) is 26.7 Å². The zero-order chi connectivity index (χ0) is 21.1. The van der Waals surface area contributed by atoms with E-state index in [2.05, 4.69) is 5.32 Å². The van der Waals surface area contributed by atoms with Crippen LogP contribution in [0.15, 0.2) is 48.5 Å². The standard InChI is InChI=1S/C22H25NO6/c1-3-12-27-18-11-10-17(14-19(18)28-13-4-2)22(26)29-15-20(24)23-21(25)16-8-6-5-7-9-16/h5-11,14H,3-4,12-13,15H2,1-2H3,(H,23,24,25). The van der Waals surface area contributed by atoms with Crippen LogP contribution in [0.2, 0.25) is 0 Å². The Labute approximate surface area is 170 Å². The van der Waals surface area contributed by atoms with E-state index in [1.807, 2.05) is 13.8 Å². The molecule has 0 aliphatic carbocycles. The number of hydrogen-bond donors (Lipinski definition) is 1. The number of esters is 1. The van der Waals surface area contributed by atoms with Crippen molar-refractivity contribution in [1.29, 1.82) is 0 Å². The minimum atomic E-state index is -0.711. The summed E-state index contributed by atoms with van der Waals surface area (Å²) < 4.78 is 16.3. The molecule has 0 unspecified atom stereocenters. The Balaban J connectivity index is 1.95. The lowest BCUT2D eigenvalue weighted by atomic mass is 10.2. The predicted octanol–water partition coefficient (Wildman–Crippen LogP) is 3.38. The van der Waals surface area contributed by atoms with E-state index >= 15 is 0 Å². The third-order valence-electron chi connectivity index (χ3n) is 3.73. The molecule has 0 heterocycles. The van der Waals surface area contributed by atoms with Gasteiger partial charge in [-0.1, -0.05) is 32.0 Å². The van der Waals surface area contributed by atoms with Gasteiger partial charge in [-0.05, 0) is 43.2 Å². The van der Waals surface area contributed by atoms with Crippen LogP contribution in [0.25, 0.3) is 0 Å². The Morgan fingerprint density at radius 1 is 0.828 bits per heavy atom. The lowest BCUT2D eigenvalue weighted by molar-refractivity contribution is -0.123. The summed E-state index contributed by atoms with van der Waals surface area (Å²) in [4.78, 5) is 36.1. The van der Waals surface area contributed by atoms with Crippen LogP contribution >= 0.6 is 0 Å². The fourth-order valence-electron chi connectivity index (χ4n) is 2.33. The van der Waals surface area contributed by atoms with Gasteiger partial charge in [0.15, 0.2) is 18.1 Å². The van der Waals surface area contributed by atoms with Gasteiger partial charge in [0, 0.05) is 5.56 Å². The maximum Gasteiger partial charge on any atom is 0.338 e. The number of imide groups is 1. The Morgan fingerprint density at radius 3 is 2.14 bits per heavy atom. The summed E-state index contributed by atoms with van der Waals surface area (Å²) in [7, 11) is 0. The molecule has 2 rings (SSSR count). The number of benzene rings is 2. The maximum absolute atomic E-state index is 12.3. The molecule has 0 fully saturated rings. The molecule has 0 spiro atoms. The highest BCUT2D eigenvalue weighted by Crippen LogP contribution is 2.29. The van der Waals surface area contributed by atoms with Gasteiger partial charge in [-0.3, -0.25) is 14.9 Å². The number of ether oxygens (including phenoxy) is 3. The van der Waals surface area contributed by atoms with Crippen LogP contribution in [-0.4, -0.2) is 37.6 Å². The van der Waals surface area contributed by atoms with Gasteiger partial charge < -0.3 is 14.2 Å². The second-order valence-electron chi connectivity index (χ2n) is 6.18. The molecule has 0 atom stereocenters. The average Bonchev–Trinajstić information content (AvgIpc) is 2.75. The summed E-state index contributed by atoms with van der Waals surface area (Å²) in [6.45, 7) is 4.40. The number of amides is 2. The third kappa shape index (κ3) is 6.95. The van der Waals surface area contributed by atoms with Crippen molar-refractivity contribution >= 4 is 17.8 Å². The molecule has 29 heavy (non-hydrogen) atoms. The van der Waals surface area contributed by atoms with E-state index in [-0.39, 0.29) is 5.56 Å². The Kier molecular flexibility index (Phi) is 8.69. The van der Waals surface area contributed by atoms with Gasteiger partial charge in [-0.2, -0.15) is 0 Å². The van der Waals surface area contributed by atoms with Crippen molar-refractivity contribution in [1.82, 2.24) is 5.32 Å². The van der Waals surface area contributed by atoms with E-state index in [1.165, 1.54) is 6.07 Å². The van der Waals surface area contributed by atoms with E-state index in [0.29, 0.717) is 30.3 Å². The molecule has 2 amide bonds. The zero-order valence-electron chi connectivity index (χ0n) is 16.6. The summed E-state index contributed by atoms with van der Waals surface area (Å²) in [6, 6.07) is 13.0. The lowest BCUT2D eigenvalue weighted by Gasteiger charge is -2.13. The summed E-state index contributed by atoms with van der Waals surface area (Å²) in [6.07, 6.45) is 1.64. The normalized spacial score (nSPS) is 10.1. The monoisotopic (exact) mass is 399 g/mol. The Bertz CT molecular complexity index is 834. The van der Waals surface area contributed by atoms with Crippen molar-refractivity contribution in [2.75, 3.05) is 19.8 Å². The minimum Gasteiger partial charge on any atom is -0.490 e. The van der Waals surface area contributed by atoms with Gasteiger partial charge >= 0.3 is 5.97 Å². The van der Waals surface area contributed by atoms with Crippen LogP contribution in [0.3, 0.4) is 0 Å². The van der Waals surface area contributed by atoms with Crippen LogP contribution < -0.4 is 14.8 Å². The molecule has 0 radical (unpaired) electrons. The molecular weight excluding hydrogens is 374 g/mol. The Morgan fingerprint density at radius 2 is 1.48 bits per heavy atom. The first-order chi connectivity index (χ1) is 14.0. The molecule has 0 aromatic heterocycles. The fraction of sp³-hybridized carbons (Fsp3) is 0.318. The molecule has 2 aromatic carbocycles. The highest BCUT2D eigenvalue weighted by Gasteiger charge is 2.16. The van der Waals surface area contributed by atoms with Crippen molar-refractivity contribution in [2.24, 2.45) is 0 Å². The molecule has 1 N–H and O–H groups in total. The summed E-state index contributed by atoms with van der Waals surface area (Å²) in [5, 5.41) is 2.17. The van der Waals surface area contributed by atoms with Gasteiger partial charge in [0.25, 0.3) is 11.8 Å². The van der Waals surface area contributed by atoms with Gasteiger partial charge in [0.1, 0.15) is 0 Å². The smallest absolute Gasteiger partial charge is 0.338 e. The first-order valence-electron chi connectivity index (χ1n) is 9.51.